The van der Waals surface area contributed by atoms with Gasteiger partial charge in [-0.15, -0.1) is 10.2 Å². The first-order valence-electron chi connectivity index (χ1n) is 11.5. The van der Waals surface area contributed by atoms with E-state index in [2.05, 4.69) is 20.4 Å². The van der Waals surface area contributed by atoms with Gasteiger partial charge in [-0.2, -0.15) is 0 Å². The molecule has 0 spiro atoms. The Morgan fingerprint density at radius 1 is 1.03 bits per heavy atom. The zero-order valence-corrected chi connectivity index (χ0v) is 18.5. The first-order chi connectivity index (χ1) is 15.1. The Bertz CT molecular complexity index is 876. The quantitative estimate of drug-likeness (QED) is 0.697. The van der Waals surface area contributed by atoms with E-state index in [9.17, 15) is 4.39 Å². The number of hydrogen-bond donors (Lipinski definition) is 1. The van der Waals surface area contributed by atoms with Crippen molar-refractivity contribution in [3.8, 4) is 11.3 Å². The molecule has 0 amide bonds. The summed E-state index contributed by atoms with van der Waals surface area (Å²) < 4.78 is 19.0. The summed E-state index contributed by atoms with van der Waals surface area (Å²) in [5, 5.41) is 12.4. The first kappa shape index (κ1) is 21.1. The van der Waals surface area contributed by atoms with Gasteiger partial charge in [0.25, 0.3) is 0 Å². The van der Waals surface area contributed by atoms with Crippen molar-refractivity contribution in [1.82, 2.24) is 15.1 Å². The topological polar surface area (TPSA) is 50.3 Å². The molecule has 166 valence electrons. The maximum absolute atomic E-state index is 13.5. The van der Waals surface area contributed by atoms with Crippen molar-refractivity contribution in [2.24, 2.45) is 23.7 Å². The molecule has 3 atom stereocenters. The van der Waals surface area contributed by atoms with Crippen LogP contribution in [0.5, 0.6) is 0 Å². The maximum Gasteiger partial charge on any atom is 0.148 e. The molecule has 2 saturated heterocycles. The van der Waals surface area contributed by atoms with E-state index in [1.54, 1.807) is 6.07 Å². The van der Waals surface area contributed by atoms with Gasteiger partial charge in [-0.05, 0) is 79.7 Å². The number of anilines is 1. The molecule has 7 heteroatoms. The second-order valence-electron chi connectivity index (χ2n) is 9.44. The molecular weight excluding hydrogens is 415 g/mol. The van der Waals surface area contributed by atoms with E-state index in [1.165, 1.54) is 57.5 Å². The Morgan fingerprint density at radius 2 is 1.81 bits per heavy atom. The monoisotopic (exact) mass is 444 g/mol. The molecule has 0 bridgehead atoms. The van der Waals surface area contributed by atoms with Gasteiger partial charge < -0.3 is 15.0 Å². The molecule has 5 nitrogen and oxygen atoms in total. The zero-order valence-electron chi connectivity index (χ0n) is 17.8. The summed E-state index contributed by atoms with van der Waals surface area (Å²) in [5.41, 5.74) is 1.14. The van der Waals surface area contributed by atoms with E-state index < -0.39 is 0 Å². The normalized spacial score (nSPS) is 26.8. The van der Waals surface area contributed by atoms with Crippen LogP contribution in [0, 0.1) is 29.5 Å². The third-order valence-electron chi connectivity index (χ3n) is 7.22. The molecule has 3 fully saturated rings. The lowest BCUT2D eigenvalue weighted by molar-refractivity contribution is 0.0544. The van der Waals surface area contributed by atoms with Crippen molar-refractivity contribution in [2.45, 2.75) is 25.7 Å². The average molecular weight is 445 g/mol. The highest BCUT2D eigenvalue weighted by atomic mass is 35.5. The van der Waals surface area contributed by atoms with Crippen molar-refractivity contribution in [2.75, 3.05) is 44.7 Å². The van der Waals surface area contributed by atoms with Crippen LogP contribution >= 0.6 is 11.6 Å². The number of nitrogens with zero attached hydrogens (tertiary/aromatic N) is 3. The van der Waals surface area contributed by atoms with Crippen LogP contribution in [0.25, 0.3) is 11.3 Å². The smallest absolute Gasteiger partial charge is 0.148 e. The fourth-order valence-corrected chi connectivity index (χ4v) is 5.86. The lowest BCUT2D eigenvalue weighted by atomic mass is 9.99. The third kappa shape index (κ3) is 5.02. The van der Waals surface area contributed by atoms with E-state index >= 15 is 0 Å². The Balaban J connectivity index is 1.09. The van der Waals surface area contributed by atoms with E-state index in [1.807, 2.05) is 12.1 Å². The summed E-state index contributed by atoms with van der Waals surface area (Å²) in [6, 6.07) is 8.02. The number of ether oxygens (including phenoxy) is 1. The summed E-state index contributed by atoms with van der Waals surface area (Å²) in [5.74, 6) is 3.63. The fraction of sp³-hybridized carbons (Fsp3) is 0.583. The molecule has 5 rings (SSSR count). The first-order valence-corrected chi connectivity index (χ1v) is 11.8. The van der Waals surface area contributed by atoms with Crippen LogP contribution in [0.1, 0.15) is 25.7 Å². The number of likely N-dealkylation sites (tertiary alicyclic amines) is 1. The van der Waals surface area contributed by atoms with Crippen LogP contribution in [0.4, 0.5) is 10.2 Å². The van der Waals surface area contributed by atoms with Gasteiger partial charge in [-0.1, -0.05) is 11.6 Å². The van der Waals surface area contributed by atoms with Gasteiger partial charge in [-0.25, -0.2) is 4.39 Å². The highest BCUT2D eigenvalue weighted by Crippen LogP contribution is 2.42. The van der Waals surface area contributed by atoms with Gasteiger partial charge in [0.15, 0.2) is 0 Å². The Kier molecular flexibility index (Phi) is 6.39. The third-order valence-corrected chi connectivity index (χ3v) is 7.55. The molecule has 1 aliphatic carbocycles. The van der Waals surface area contributed by atoms with Crippen molar-refractivity contribution in [3.63, 3.8) is 0 Å². The number of hydrogen-bond acceptors (Lipinski definition) is 5. The molecule has 1 aromatic heterocycles. The van der Waals surface area contributed by atoms with Crippen LogP contribution in [-0.2, 0) is 4.74 Å². The predicted octanol–water partition coefficient (Wildman–Crippen LogP) is 4.73. The number of nitrogens with one attached hydrogen (secondary N) is 1. The van der Waals surface area contributed by atoms with E-state index in [0.717, 1.165) is 43.3 Å². The minimum Gasteiger partial charge on any atom is -0.381 e. The summed E-state index contributed by atoms with van der Waals surface area (Å²) in [6.07, 6.45) is 5.05. The van der Waals surface area contributed by atoms with E-state index in [4.69, 9.17) is 16.3 Å². The molecular formula is C24H30ClFN4O. The van der Waals surface area contributed by atoms with Gasteiger partial charge in [0, 0.05) is 45.0 Å². The van der Waals surface area contributed by atoms with Gasteiger partial charge in [0.1, 0.15) is 11.6 Å². The largest absolute Gasteiger partial charge is 0.381 e. The Labute approximate surface area is 188 Å². The number of benzene rings is 1. The van der Waals surface area contributed by atoms with E-state index in [-0.39, 0.29) is 5.82 Å². The maximum atomic E-state index is 13.5. The number of fused-ring (bicyclic) bond motifs is 1. The average Bonchev–Trinajstić information content (AvgIpc) is 3.33. The molecule has 3 heterocycles. The SMILES string of the molecule is Fc1ccc(Cl)c(-c2ccc(NC[C@H]3C[C@@H]4CN(CC5CCOCC5)C[C@@H]4C3)nn2)c1. The van der Waals surface area contributed by atoms with Crippen LogP contribution in [0.3, 0.4) is 0 Å². The summed E-state index contributed by atoms with van der Waals surface area (Å²) in [6.45, 7) is 6.61. The van der Waals surface area contributed by atoms with Crippen LogP contribution in [0.15, 0.2) is 30.3 Å². The lowest BCUT2D eigenvalue weighted by Crippen LogP contribution is -2.32. The number of halogens is 2. The fourth-order valence-electron chi connectivity index (χ4n) is 5.65. The molecule has 0 unspecified atom stereocenters. The molecule has 3 aliphatic rings. The van der Waals surface area contributed by atoms with Crippen molar-refractivity contribution in [1.29, 1.82) is 0 Å². The van der Waals surface area contributed by atoms with Crippen molar-refractivity contribution in [3.05, 3.63) is 41.2 Å². The Hall–Kier alpha value is -1.76. The predicted molar refractivity (Wildman–Crippen MR) is 121 cm³/mol. The standard InChI is InChI=1S/C24H30ClFN4O/c25-22-2-1-20(26)11-21(22)23-3-4-24(29-28-23)27-12-17-9-18-14-30(15-19(18)10-17)13-16-5-7-31-8-6-16/h1-4,11,16-19H,5-10,12-15H2,(H,27,29)/t17-,18+,19-. The zero-order chi connectivity index (χ0) is 21.2. The summed E-state index contributed by atoms with van der Waals surface area (Å²) in [7, 11) is 0. The molecule has 0 radical (unpaired) electrons. The Morgan fingerprint density at radius 3 is 2.52 bits per heavy atom. The summed E-state index contributed by atoms with van der Waals surface area (Å²) >= 11 is 6.17. The van der Waals surface area contributed by atoms with Gasteiger partial charge in [-0.3, -0.25) is 0 Å². The summed E-state index contributed by atoms with van der Waals surface area (Å²) in [4.78, 5) is 2.71. The van der Waals surface area contributed by atoms with Crippen molar-refractivity contribution < 1.29 is 9.13 Å². The molecule has 2 aliphatic heterocycles. The minimum absolute atomic E-state index is 0.332. The highest BCUT2D eigenvalue weighted by Gasteiger charge is 2.41. The lowest BCUT2D eigenvalue weighted by Gasteiger charge is -2.27. The van der Waals surface area contributed by atoms with Gasteiger partial charge in [0.2, 0.25) is 0 Å². The number of rotatable bonds is 6. The van der Waals surface area contributed by atoms with Crippen LogP contribution in [-0.4, -0.2) is 54.5 Å². The highest BCUT2D eigenvalue weighted by molar-refractivity contribution is 6.33. The van der Waals surface area contributed by atoms with E-state index in [0.29, 0.717) is 22.2 Å². The molecule has 1 N–H and O–H groups in total. The van der Waals surface area contributed by atoms with Crippen LogP contribution in [0.2, 0.25) is 5.02 Å². The second kappa shape index (κ2) is 9.39. The van der Waals surface area contributed by atoms with Crippen molar-refractivity contribution >= 4 is 17.4 Å². The molecule has 1 saturated carbocycles. The van der Waals surface area contributed by atoms with Crippen LogP contribution < -0.4 is 5.32 Å². The van der Waals surface area contributed by atoms with Gasteiger partial charge in [0.05, 0.1) is 10.7 Å². The molecule has 2 aromatic rings. The molecule has 31 heavy (non-hydrogen) atoms. The number of aromatic nitrogens is 2. The second-order valence-corrected chi connectivity index (χ2v) is 9.85. The minimum atomic E-state index is -0.332. The van der Waals surface area contributed by atoms with Gasteiger partial charge >= 0.3 is 0 Å². The molecule has 1 aromatic carbocycles.